The first-order valence-corrected chi connectivity index (χ1v) is 8.85. The number of nitrogens with zero attached hydrogens (tertiary/aromatic N) is 3. The zero-order valence-electron chi connectivity index (χ0n) is 15.3. The van der Waals surface area contributed by atoms with Gasteiger partial charge in [0.05, 0.1) is 28.9 Å². The highest BCUT2D eigenvalue weighted by molar-refractivity contribution is 6.32. The largest absolute Gasteiger partial charge is 0.490 e. The molecule has 8 nitrogen and oxygen atoms in total. The maximum Gasteiger partial charge on any atom is 0.313 e. The summed E-state index contributed by atoms with van der Waals surface area (Å²) in [5.41, 5.74) is 3.05. The topological polar surface area (TPSA) is 98.9 Å². The summed E-state index contributed by atoms with van der Waals surface area (Å²) in [4.78, 5) is 14.4. The van der Waals surface area contributed by atoms with Crippen molar-refractivity contribution in [2.24, 2.45) is 5.10 Å². The quantitative estimate of drug-likeness (QED) is 0.378. The molecule has 144 valence electrons. The molecule has 1 atom stereocenters. The third-order valence-electron chi connectivity index (χ3n) is 3.59. The van der Waals surface area contributed by atoms with E-state index in [1.54, 1.807) is 12.1 Å². The highest BCUT2D eigenvalue weighted by atomic mass is 35.5. The minimum absolute atomic E-state index is 0.00686. The van der Waals surface area contributed by atoms with Crippen molar-refractivity contribution in [1.82, 2.24) is 4.98 Å². The maximum atomic E-state index is 11.0. The summed E-state index contributed by atoms with van der Waals surface area (Å²) < 4.78 is 11.5. The summed E-state index contributed by atoms with van der Waals surface area (Å²) in [5, 5.41) is 15.4. The van der Waals surface area contributed by atoms with Gasteiger partial charge in [-0.1, -0.05) is 18.5 Å². The van der Waals surface area contributed by atoms with Crippen molar-refractivity contribution in [1.29, 1.82) is 0 Å². The van der Waals surface area contributed by atoms with E-state index in [-0.39, 0.29) is 17.6 Å². The van der Waals surface area contributed by atoms with Crippen LogP contribution >= 0.6 is 11.6 Å². The molecule has 1 heterocycles. The molecule has 2 aromatic rings. The van der Waals surface area contributed by atoms with Crippen LogP contribution in [0.3, 0.4) is 0 Å². The van der Waals surface area contributed by atoms with E-state index < -0.39 is 4.92 Å². The zero-order chi connectivity index (χ0) is 19.8. The van der Waals surface area contributed by atoms with Crippen molar-refractivity contribution in [2.45, 2.75) is 33.3 Å². The van der Waals surface area contributed by atoms with E-state index in [9.17, 15) is 10.1 Å². The van der Waals surface area contributed by atoms with Gasteiger partial charge in [-0.3, -0.25) is 15.5 Å². The average molecular weight is 393 g/mol. The van der Waals surface area contributed by atoms with Gasteiger partial charge in [-0.05, 0) is 44.0 Å². The number of benzene rings is 1. The van der Waals surface area contributed by atoms with Gasteiger partial charge in [-0.25, -0.2) is 4.98 Å². The van der Waals surface area contributed by atoms with Crippen LogP contribution in [0.2, 0.25) is 5.02 Å². The summed E-state index contributed by atoms with van der Waals surface area (Å²) in [6.07, 6.45) is 3.74. The number of pyridine rings is 1. The summed E-state index contributed by atoms with van der Waals surface area (Å²) in [6.45, 7) is 6.28. The van der Waals surface area contributed by atoms with Crippen LogP contribution in [0, 0.1) is 10.1 Å². The van der Waals surface area contributed by atoms with Crippen molar-refractivity contribution < 1.29 is 14.4 Å². The number of nitrogens with one attached hydrogen (secondary N) is 1. The Morgan fingerprint density at radius 3 is 2.89 bits per heavy atom. The van der Waals surface area contributed by atoms with Gasteiger partial charge in [-0.15, -0.1) is 0 Å². The second-order valence-electron chi connectivity index (χ2n) is 5.60. The van der Waals surface area contributed by atoms with E-state index >= 15 is 0 Å². The third-order valence-corrected chi connectivity index (χ3v) is 3.87. The van der Waals surface area contributed by atoms with Gasteiger partial charge in [0.2, 0.25) is 5.82 Å². The molecule has 0 aliphatic carbocycles. The van der Waals surface area contributed by atoms with Crippen molar-refractivity contribution in [3.63, 3.8) is 0 Å². The first-order valence-electron chi connectivity index (χ1n) is 8.47. The molecule has 1 N–H and O–H groups in total. The minimum Gasteiger partial charge on any atom is -0.490 e. The average Bonchev–Trinajstić information content (AvgIpc) is 2.64. The second kappa shape index (κ2) is 9.72. The third kappa shape index (κ3) is 5.55. The lowest BCUT2D eigenvalue weighted by Gasteiger charge is -2.18. The van der Waals surface area contributed by atoms with Crippen molar-refractivity contribution in [3.8, 4) is 11.5 Å². The number of anilines is 1. The summed E-state index contributed by atoms with van der Waals surface area (Å²) in [7, 11) is 0. The zero-order valence-corrected chi connectivity index (χ0v) is 16.1. The van der Waals surface area contributed by atoms with Gasteiger partial charge < -0.3 is 9.47 Å². The van der Waals surface area contributed by atoms with E-state index in [0.717, 1.165) is 6.42 Å². The Morgan fingerprint density at radius 1 is 1.44 bits per heavy atom. The Hall–Kier alpha value is -2.87. The molecule has 0 aliphatic rings. The van der Waals surface area contributed by atoms with Crippen LogP contribution < -0.4 is 14.9 Å². The fraction of sp³-hybridized carbons (Fsp3) is 0.333. The predicted molar refractivity (Wildman–Crippen MR) is 105 cm³/mol. The van der Waals surface area contributed by atoms with Gasteiger partial charge in [0.25, 0.3) is 0 Å². The van der Waals surface area contributed by atoms with Gasteiger partial charge in [0.1, 0.15) is 0 Å². The van der Waals surface area contributed by atoms with E-state index in [1.807, 2.05) is 20.8 Å². The lowest BCUT2D eigenvalue weighted by Crippen LogP contribution is -2.11. The lowest BCUT2D eigenvalue weighted by molar-refractivity contribution is -0.384. The predicted octanol–water partition coefficient (Wildman–Crippen LogP) is 4.67. The van der Waals surface area contributed by atoms with Crippen LogP contribution in [0.1, 0.15) is 32.8 Å². The molecule has 2 rings (SSSR count). The first-order chi connectivity index (χ1) is 13.0. The summed E-state index contributed by atoms with van der Waals surface area (Å²) in [5.74, 6) is 1.04. The van der Waals surface area contributed by atoms with Gasteiger partial charge in [-0.2, -0.15) is 5.10 Å². The van der Waals surface area contributed by atoms with E-state index in [2.05, 4.69) is 15.5 Å². The minimum atomic E-state index is -0.532. The molecular weight excluding hydrogens is 372 g/mol. The maximum absolute atomic E-state index is 11.0. The van der Waals surface area contributed by atoms with Crippen molar-refractivity contribution >= 4 is 29.3 Å². The Bertz CT molecular complexity index is 829. The standard InChI is InChI=1S/C18H21ClN4O4/c1-4-12(3)27-17-14(19)9-13(10-16(17)26-5-2)11-21-22-18-15(23(24)25)7-6-8-20-18/h6-12H,4-5H2,1-3H3,(H,20,22)/b21-11-/t12-/m1/s1. The highest BCUT2D eigenvalue weighted by Crippen LogP contribution is 2.37. The number of hydrogen-bond donors (Lipinski definition) is 1. The van der Waals surface area contributed by atoms with Gasteiger partial charge >= 0.3 is 5.69 Å². The number of aromatic nitrogens is 1. The monoisotopic (exact) mass is 392 g/mol. The van der Waals surface area contributed by atoms with Crippen LogP contribution in [0.15, 0.2) is 35.6 Å². The SMILES string of the molecule is CCOc1cc(/C=N\Nc2ncccc2[N+](=O)[O-])cc(Cl)c1O[C@H](C)CC. The second-order valence-corrected chi connectivity index (χ2v) is 6.01. The van der Waals surface area contributed by atoms with Crippen LogP contribution in [-0.4, -0.2) is 28.8 Å². The highest BCUT2D eigenvalue weighted by Gasteiger charge is 2.15. The molecule has 0 amide bonds. The number of halogens is 1. The molecular formula is C18H21ClN4O4. The number of hydrogen-bond acceptors (Lipinski definition) is 7. The molecule has 0 spiro atoms. The van der Waals surface area contributed by atoms with E-state index in [0.29, 0.717) is 28.7 Å². The molecule has 0 fully saturated rings. The Kier molecular flexibility index (Phi) is 7.36. The fourth-order valence-corrected chi connectivity index (χ4v) is 2.39. The molecule has 9 heteroatoms. The number of rotatable bonds is 9. The molecule has 0 saturated carbocycles. The lowest BCUT2D eigenvalue weighted by atomic mass is 10.2. The van der Waals surface area contributed by atoms with Crippen molar-refractivity contribution in [3.05, 3.63) is 51.2 Å². The first kappa shape index (κ1) is 20.4. The van der Waals surface area contributed by atoms with Crippen molar-refractivity contribution in [2.75, 3.05) is 12.0 Å². The van der Waals surface area contributed by atoms with E-state index in [1.165, 1.54) is 24.5 Å². The van der Waals surface area contributed by atoms with Crippen LogP contribution in [0.25, 0.3) is 0 Å². The van der Waals surface area contributed by atoms with Crippen LogP contribution in [-0.2, 0) is 0 Å². The Morgan fingerprint density at radius 2 is 2.22 bits per heavy atom. The Balaban J connectivity index is 2.24. The number of hydrazone groups is 1. The smallest absolute Gasteiger partial charge is 0.313 e. The molecule has 27 heavy (non-hydrogen) atoms. The van der Waals surface area contributed by atoms with Gasteiger partial charge in [0, 0.05) is 12.3 Å². The number of ether oxygens (including phenoxy) is 2. The normalized spacial score (nSPS) is 12.0. The fourth-order valence-electron chi connectivity index (χ4n) is 2.12. The Labute approximate surface area is 162 Å². The molecule has 1 aromatic carbocycles. The molecule has 0 unspecified atom stereocenters. The molecule has 0 radical (unpaired) electrons. The van der Waals surface area contributed by atoms with Gasteiger partial charge in [0.15, 0.2) is 11.5 Å². The summed E-state index contributed by atoms with van der Waals surface area (Å²) >= 11 is 6.35. The number of nitro groups is 1. The summed E-state index contributed by atoms with van der Waals surface area (Å²) in [6, 6.07) is 6.25. The van der Waals surface area contributed by atoms with Crippen LogP contribution in [0.4, 0.5) is 11.5 Å². The molecule has 0 bridgehead atoms. The molecule has 0 saturated heterocycles. The molecule has 0 aliphatic heterocycles. The van der Waals surface area contributed by atoms with Crippen LogP contribution in [0.5, 0.6) is 11.5 Å². The van der Waals surface area contributed by atoms with E-state index in [4.69, 9.17) is 21.1 Å². The molecule has 1 aromatic heterocycles.